The number of hydrogen-bond acceptors (Lipinski definition) is 5. The van der Waals surface area contributed by atoms with E-state index in [4.69, 9.17) is 0 Å². The first-order valence-electron chi connectivity index (χ1n) is 10.4. The first kappa shape index (κ1) is 18.9. The van der Waals surface area contributed by atoms with Gasteiger partial charge in [-0.3, -0.25) is 14.7 Å². The van der Waals surface area contributed by atoms with Gasteiger partial charge in [-0.25, -0.2) is 0 Å². The largest absolute Gasteiger partial charge is 0.369 e. The number of H-pyrrole nitrogens is 1. The summed E-state index contributed by atoms with van der Waals surface area (Å²) in [7, 11) is 3.93. The van der Waals surface area contributed by atoms with E-state index < -0.39 is 6.04 Å². The zero-order valence-corrected chi connectivity index (χ0v) is 17.3. The van der Waals surface area contributed by atoms with E-state index >= 15 is 0 Å². The van der Waals surface area contributed by atoms with Gasteiger partial charge in [0.25, 0.3) is 5.56 Å². The van der Waals surface area contributed by atoms with Crippen molar-refractivity contribution < 1.29 is 4.79 Å². The lowest BCUT2D eigenvalue weighted by molar-refractivity contribution is -0.129. The number of amides is 1. The molecule has 2 aliphatic heterocycles. The van der Waals surface area contributed by atoms with Crippen molar-refractivity contribution in [1.29, 1.82) is 0 Å². The van der Waals surface area contributed by atoms with Crippen LogP contribution in [-0.4, -0.2) is 77.3 Å². The average molecular weight is 406 g/mol. The second-order valence-electron chi connectivity index (χ2n) is 8.32. The smallest absolute Gasteiger partial charge is 0.253 e. The molecule has 0 saturated carbocycles. The Bertz CT molecular complexity index is 1140. The zero-order valence-electron chi connectivity index (χ0n) is 17.3. The number of carbonyl (C=O) groups is 1. The van der Waals surface area contributed by atoms with Gasteiger partial charge >= 0.3 is 0 Å². The van der Waals surface area contributed by atoms with Gasteiger partial charge in [0.1, 0.15) is 11.7 Å². The number of aromatic nitrogens is 3. The van der Waals surface area contributed by atoms with Gasteiger partial charge in [0, 0.05) is 68.7 Å². The van der Waals surface area contributed by atoms with Gasteiger partial charge in [-0.05, 0) is 25.6 Å². The minimum absolute atomic E-state index is 0.0157. The molecule has 1 atom stereocenters. The molecule has 1 aromatic carbocycles. The Labute approximate surface area is 174 Å². The Morgan fingerprint density at radius 2 is 1.73 bits per heavy atom. The number of piperazine rings is 1. The SMILES string of the molecule is CN1CCN(c2ccc(-c3n[nH]c4cc(=O)n(C5CCN(C)C5=O)cc34)cc2)CC1. The number of nitrogens with zero attached hydrogens (tertiary/aromatic N) is 5. The van der Waals surface area contributed by atoms with Crippen LogP contribution in [0.3, 0.4) is 0 Å². The van der Waals surface area contributed by atoms with Crippen LogP contribution in [0.2, 0.25) is 0 Å². The van der Waals surface area contributed by atoms with Crippen LogP contribution in [0.4, 0.5) is 5.69 Å². The molecule has 1 amide bonds. The summed E-state index contributed by atoms with van der Waals surface area (Å²) in [5.41, 5.74) is 3.50. The number of fused-ring (bicyclic) bond motifs is 1. The van der Waals surface area contributed by atoms with Crippen LogP contribution in [0.15, 0.2) is 41.3 Å². The molecule has 8 heteroatoms. The van der Waals surface area contributed by atoms with Crippen molar-refractivity contribution in [2.24, 2.45) is 0 Å². The molecule has 0 spiro atoms. The van der Waals surface area contributed by atoms with E-state index in [1.807, 2.05) is 0 Å². The summed E-state index contributed by atoms with van der Waals surface area (Å²) in [5, 5.41) is 8.29. The number of benzene rings is 1. The van der Waals surface area contributed by atoms with E-state index in [1.54, 1.807) is 22.7 Å². The molecular weight excluding hydrogens is 380 g/mol. The van der Waals surface area contributed by atoms with E-state index in [-0.39, 0.29) is 11.5 Å². The highest BCUT2D eigenvalue weighted by Crippen LogP contribution is 2.29. The lowest BCUT2D eigenvalue weighted by Crippen LogP contribution is -2.44. The number of aromatic amines is 1. The van der Waals surface area contributed by atoms with Gasteiger partial charge in [0.2, 0.25) is 5.91 Å². The first-order chi connectivity index (χ1) is 14.5. The summed E-state index contributed by atoms with van der Waals surface area (Å²) in [6.45, 7) is 4.85. The van der Waals surface area contributed by atoms with Gasteiger partial charge < -0.3 is 19.3 Å². The van der Waals surface area contributed by atoms with E-state index in [0.29, 0.717) is 18.5 Å². The number of hydrogen-bond donors (Lipinski definition) is 1. The predicted molar refractivity (Wildman–Crippen MR) is 117 cm³/mol. The molecule has 2 aliphatic rings. The van der Waals surface area contributed by atoms with Crippen LogP contribution in [0.25, 0.3) is 22.2 Å². The molecular formula is C22H26N6O2. The predicted octanol–water partition coefficient (Wildman–Crippen LogP) is 1.55. The molecule has 8 nitrogen and oxygen atoms in total. The van der Waals surface area contributed by atoms with Gasteiger partial charge in [0.15, 0.2) is 0 Å². The average Bonchev–Trinajstić information content (AvgIpc) is 3.31. The standard InChI is InChI=1S/C22H26N6O2/c1-25-9-11-27(12-10-25)16-5-3-15(4-6-16)21-17-14-28(19-7-8-26(2)22(19)30)20(29)13-18(17)23-24-21/h3-6,13-14,19,23H,7-12H2,1-2H3. The molecule has 156 valence electrons. The van der Waals surface area contributed by atoms with Crippen LogP contribution in [-0.2, 0) is 4.79 Å². The van der Waals surface area contributed by atoms with Crippen molar-refractivity contribution in [3.8, 4) is 11.3 Å². The van der Waals surface area contributed by atoms with Crippen molar-refractivity contribution in [3.63, 3.8) is 0 Å². The number of carbonyl (C=O) groups excluding carboxylic acids is 1. The van der Waals surface area contributed by atoms with Crippen molar-refractivity contribution in [3.05, 3.63) is 46.9 Å². The maximum absolute atomic E-state index is 12.6. The highest BCUT2D eigenvalue weighted by molar-refractivity contribution is 5.93. The number of nitrogens with one attached hydrogen (secondary N) is 1. The molecule has 0 aliphatic carbocycles. The monoisotopic (exact) mass is 406 g/mol. The summed E-state index contributed by atoms with van der Waals surface area (Å²) in [6.07, 6.45) is 2.43. The van der Waals surface area contributed by atoms with E-state index in [9.17, 15) is 9.59 Å². The summed E-state index contributed by atoms with van der Waals surface area (Å²) in [5.74, 6) is -0.0157. The van der Waals surface area contributed by atoms with Crippen LogP contribution in [0, 0.1) is 0 Å². The molecule has 30 heavy (non-hydrogen) atoms. The number of rotatable bonds is 3. The zero-order chi connectivity index (χ0) is 20.8. The maximum Gasteiger partial charge on any atom is 0.253 e. The molecule has 4 heterocycles. The molecule has 2 saturated heterocycles. The maximum atomic E-state index is 12.6. The van der Waals surface area contributed by atoms with Crippen LogP contribution < -0.4 is 10.5 Å². The van der Waals surface area contributed by atoms with E-state index in [2.05, 4.69) is 51.3 Å². The first-order valence-corrected chi connectivity index (χ1v) is 10.4. The fourth-order valence-corrected chi connectivity index (χ4v) is 4.43. The highest BCUT2D eigenvalue weighted by atomic mass is 16.2. The molecule has 1 N–H and O–H groups in total. The molecule has 0 radical (unpaired) electrons. The lowest BCUT2D eigenvalue weighted by atomic mass is 10.1. The normalized spacial score (nSPS) is 20.5. The number of pyridine rings is 1. The van der Waals surface area contributed by atoms with Gasteiger partial charge in [0.05, 0.1) is 5.52 Å². The van der Waals surface area contributed by atoms with Gasteiger partial charge in [-0.2, -0.15) is 5.10 Å². The van der Waals surface area contributed by atoms with E-state index in [0.717, 1.165) is 42.8 Å². The Balaban J connectivity index is 1.48. The molecule has 2 fully saturated rings. The van der Waals surface area contributed by atoms with Crippen LogP contribution in [0.5, 0.6) is 0 Å². The topological polar surface area (TPSA) is 77.5 Å². The summed E-state index contributed by atoms with van der Waals surface area (Å²) < 4.78 is 1.56. The fraction of sp³-hybridized carbons (Fsp3) is 0.409. The lowest BCUT2D eigenvalue weighted by Gasteiger charge is -2.34. The molecule has 5 rings (SSSR count). The summed E-state index contributed by atoms with van der Waals surface area (Å²) in [4.78, 5) is 31.4. The molecule has 2 aromatic heterocycles. The third-order valence-corrected chi connectivity index (χ3v) is 6.37. The van der Waals surface area contributed by atoms with Crippen molar-refractivity contribution in [1.82, 2.24) is 24.6 Å². The summed E-state index contributed by atoms with van der Waals surface area (Å²) in [6, 6.07) is 9.52. The van der Waals surface area contributed by atoms with Crippen molar-refractivity contribution in [2.75, 3.05) is 51.7 Å². The van der Waals surface area contributed by atoms with Crippen molar-refractivity contribution in [2.45, 2.75) is 12.5 Å². The third-order valence-electron chi connectivity index (χ3n) is 6.37. The second-order valence-corrected chi connectivity index (χ2v) is 8.32. The second kappa shape index (κ2) is 7.28. The third kappa shape index (κ3) is 3.17. The summed E-state index contributed by atoms with van der Waals surface area (Å²) >= 11 is 0. The van der Waals surface area contributed by atoms with Crippen molar-refractivity contribution >= 4 is 22.5 Å². The fourth-order valence-electron chi connectivity index (χ4n) is 4.43. The number of likely N-dealkylation sites (N-methyl/N-ethyl adjacent to an activating group) is 2. The molecule has 3 aromatic rings. The van der Waals surface area contributed by atoms with E-state index in [1.165, 1.54) is 11.8 Å². The Kier molecular flexibility index (Phi) is 4.58. The Hall–Kier alpha value is -3.13. The number of likely N-dealkylation sites (tertiary alicyclic amines) is 1. The Morgan fingerprint density at radius 1 is 1.00 bits per heavy atom. The highest BCUT2D eigenvalue weighted by Gasteiger charge is 2.31. The minimum atomic E-state index is -0.436. The van der Waals surface area contributed by atoms with Gasteiger partial charge in [-0.1, -0.05) is 12.1 Å². The minimum Gasteiger partial charge on any atom is -0.369 e. The molecule has 1 unspecified atom stereocenters. The van der Waals surface area contributed by atoms with Crippen LogP contribution >= 0.6 is 0 Å². The molecule has 0 bridgehead atoms. The Morgan fingerprint density at radius 3 is 2.40 bits per heavy atom. The van der Waals surface area contributed by atoms with Crippen LogP contribution in [0.1, 0.15) is 12.5 Å². The van der Waals surface area contributed by atoms with Gasteiger partial charge in [-0.15, -0.1) is 0 Å². The number of anilines is 1. The quantitative estimate of drug-likeness (QED) is 0.714.